The van der Waals surface area contributed by atoms with Crippen molar-refractivity contribution in [1.29, 1.82) is 0 Å². The van der Waals surface area contributed by atoms with Crippen LogP contribution >= 0.6 is 0 Å². The van der Waals surface area contributed by atoms with Gasteiger partial charge < -0.3 is 14.6 Å². The van der Waals surface area contributed by atoms with E-state index in [9.17, 15) is 14.7 Å². The Morgan fingerprint density at radius 3 is 1.03 bits per heavy atom. The summed E-state index contributed by atoms with van der Waals surface area (Å²) in [5, 5.41) is 9.61. The van der Waals surface area contributed by atoms with Gasteiger partial charge >= 0.3 is 11.9 Å². The summed E-state index contributed by atoms with van der Waals surface area (Å²) in [6, 6.07) is 0. The molecule has 0 saturated heterocycles. The number of hydrogen-bond donors (Lipinski definition) is 1. The molecule has 1 N–H and O–H groups in total. The van der Waals surface area contributed by atoms with Crippen LogP contribution in [0.2, 0.25) is 0 Å². The maximum atomic E-state index is 12.3. The second-order valence-electron chi connectivity index (χ2n) is 16.9. The molecular formula is C58H96O5. The summed E-state index contributed by atoms with van der Waals surface area (Å²) in [4.78, 5) is 24.4. The summed E-state index contributed by atoms with van der Waals surface area (Å²) in [6.45, 7) is 3.97. The predicted molar refractivity (Wildman–Crippen MR) is 274 cm³/mol. The van der Waals surface area contributed by atoms with Crippen LogP contribution in [-0.4, -0.2) is 36.4 Å². The van der Waals surface area contributed by atoms with Gasteiger partial charge in [-0.1, -0.05) is 226 Å². The van der Waals surface area contributed by atoms with Crippen LogP contribution in [0.4, 0.5) is 0 Å². The molecule has 0 aromatic heterocycles. The third kappa shape index (κ3) is 51.1. The van der Waals surface area contributed by atoms with Crippen LogP contribution in [-0.2, 0) is 19.1 Å². The lowest BCUT2D eigenvalue weighted by atomic mass is 10.0. The number of carbonyl (C=O) groups is 2. The lowest BCUT2D eigenvalue weighted by molar-refractivity contribution is -0.161. The Morgan fingerprint density at radius 2 is 0.683 bits per heavy atom. The molecule has 1 unspecified atom stereocenters. The van der Waals surface area contributed by atoms with Gasteiger partial charge in [-0.15, -0.1) is 0 Å². The molecule has 5 heteroatoms. The Hall–Kier alpha value is -3.44. The van der Waals surface area contributed by atoms with Crippen LogP contribution < -0.4 is 0 Å². The number of esters is 2. The first-order chi connectivity index (χ1) is 31.1. The summed E-state index contributed by atoms with van der Waals surface area (Å²) in [6.07, 6.45) is 76.2. The van der Waals surface area contributed by atoms with Crippen molar-refractivity contribution < 1.29 is 24.2 Å². The fourth-order valence-corrected chi connectivity index (χ4v) is 6.90. The highest BCUT2D eigenvalue weighted by Crippen LogP contribution is 2.15. The van der Waals surface area contributed by atoms with Crippen LogP contribution in [0.3, 0.4) is 0 Å². The molecular weight excluding hydrogens is 777 g/mol. The van der Waals surface area contributed by atoms with Gasteiger partial charge in [0.1, 0.15) is 6.61 Å². The van der Waals surface area contributed by atoms with E-state index < -0.39 is 6.10 Å². The molecule has 0 fully saturated rings. The number of allylic oxidation sites excluding steroid dienone is 18. The van der Waals surface area contributed by atoms with Gasteiger partial charge in [-0.05, 0) is 96.3 Å². The molecule has 0 aliphatic rings. The first kappa shape index (κ1) is 59.6. The van der Waals surface area contributed by atoms with Crippen LogP contribution in [0.1, 0.15) is 226 Å². The van der Waals surface area contributed by atoms with E-state index in [0.29, 0.717) is 12.8 Å². The Bertz CT molecular complexity index is 1260. The minimum absolute atomic E-state index is 0.0777. The van der Waals surface area contributed by atoms with Crippen molar-refractivity contribution in [3.05, 3.63) is 109 Å². The summed E-state index contributed by atoms with van der Waals surface area (Å²) >= 11 is 0. The number of aliphatic hydroxyl groups excluding tert-OH is 1. The maximum absolute atomic E-state index is 12.3. The third-order valence-electron chi connectivity index (χ3n) is 10.8. The molecule has 63 heavy (non-hydrogen) atoms. The molecule has 0 amide bonds. The van der Waals surface area contributed by atoms with E-state index in [0.717, 1.165) is 96.3 Å². The molecule has 0 saturated carbocycles. The van der Waals surface area contributed by atoms with Crippen LogP contribution in [0, 0.1) is 0 Å². The fourth-order valence-electron chi connectivity index (χ4n) is 6.90. The molecule has 0 aliphatic carbocycles. The molecule has 1 atom stereocenters. The van der Waals surface area contributed by atoms with E-state index in [1.54, 1.807) is 0 Å². The molecule has 0 spiro atoms. The summed E-state index contributed by atoms with van der Waals surface area (Å²) < 4.78 is 10.6. The number of rotatable bonds is 46. The van der Waals surface area contributed by atoms with Gasteiger partial charge in [0.2, 0.25) is 0 Å². The number of unbranched alkanes of at least 4 members (excludes halogenated alkanes) is 20. The fraction of sp³-hybridized carbons (Fsp3) is 0.655. The van der Waals surface area contributed by atoms with Crippen LogP contribution in [0.5, 0.6) is 0 Å². The van der Waals surface area contributed by atoms with Crippen molar-refractivity contribution in [2.75, 3.05) is 13.2 Å². The van der Waals surface area contributed by atoms with E-state index in [2.05, 4.69) is 123 Å². The maximum Gasteiger partial charge on any atom is 0.306 e. The van der Waals surface area contributed by atoms with Gasteiger partial charge in [-0.3, -0.25) is 9.59 Å². The van der Waals surface area contributed by atoms with Crippen LogP contribution in [0.15, 0.2) is 109 Å². The average Bonchev–Trinajstić information content (AvgIpc) is 3.29. The molecule has 0 aliphatic heterocycles. The van der Waals surface area contributed by atoms with Crippen molar-refractivity contribution in [3.8, 4) is 0 Å². The second-order valence-corrected chi connectivity index (χ2v) is 16.9. The molecule has 0 heterocycles. The lowest BCUT2D eigenvalue weighted by Crippen LogP contribution is -2.28. The standard InChI is InChI=1S/C58H96O5/c1-3-5-7-9-11-13-15-17-19-20-21-22-23-24-25-26-27-28-29-30-31-32-33-34-35-36-37-38-39-41-43-45-47-49-51-53-58(61)63-56(54-59)55-62-57(60)52-50-48-46-44-42-40-18-16-14-12-10-8-6-4-2/h5,7,10-13,16-19,21-22,24-25,27-28,30-31,56,59H,3-4,6,8-9,14-15,20,23,26,29,32-55H2,1-2H3/b7-5-,12-10-,13-11-,18-16-,19-17-,22-21-,25-24-,28-27-,31-30-. The number of carbonyl (C=O) groups excluding carboxylic acids is 2. The van der Waals surface area contributed by atoms with Crippen molar-refractivity contribution in [3.63, 3.8) is 0 Å². The highest BCUT2D eigenvalue weighted by atomic mass is 16.6. The Kier molecular flexibility index (Phi) is 50.0. The van der Waals surface area contributed by atoms with Crippen LogP contribution in [0.25, 0.3) is 0 Å². The minimum Gasteiger partial charge on any atom is -0.462 e. The van der Waals surface area contributed by atoms with Gasteiger partial charge in [-0.25, -0.2) is 0 Å². The van der Waals surface area contributed by atoms with E-state index in [1.165, 1.54) is 103 Å². The van der Waals surface area contributed by atoms with E-state index in [4.69, 9.17) is 9.47 Å². The average molecular weight is 873 g/mol. The van der Waals surface area contributed by atoms with Crippen molar-refractivity contribution in [2.24, 2.45) is 0 Å². The first-order valence-electron chi connectivity index (χ1n) is 25.9. The predicted octanol–water partition coefficient (Wildman–Crippen LogP) is 17.4. The molecule has 358 valence electrons. The molecule has 0 bridgehead atoms. The molecule has 5 nitrogen and oxygen atoms in total. The molecule has 0 aromatic carbocycles. The minimum atomic E-state index is -0.784. The summed E-state index contributed by atoms with van der Waals surface area (Å²) in [7, 11) is 0. The lowest BCUT2D eigenvalue weighted by Gasteiger charge is -2.15. The highest BCUT2D eigenvalue weighted by Gasteiger charge is 2.16. The largest absolute Gasteiger partial charge is 0.462 e. The van der Waals surface area contributed by atoms with E-state index in [-0.39, 0.29) is 25.2 Å². The Labute approximate surface area is 389 Å². The monoisotopic (exact) mass is 873 g/mol. The van der Waals surface area contributed by atoms with Crippen molar-refractivity contribution in [1.82, 2.24) is 0 Å². The van der Waals surface area contributed by atoms with Crippen molar-refractivity contribution >= 4 is 11.9 Å². The topological polar surface area (TPSA) is 72.8 Å². The molecule has 0 radical (unpaired) electrons. The Balaban J connectivity index is 3.54. The zero-order chi connectivity index (χ0) is 45.6. The number of aliphatic hydroxyl groups is 1. The smallest absolute Gasteiger partial charge is 0.306 e. The van der Waals surface area contributed by atoms with Gasteiger partial charge in [0, 0.05) is 12.8 Å². The van der Waals surface area contributed by atoms with Gasteiger partial charge in [0.15, 0.2) is 6.10 Å². The number of hydrogen-bond acceptors (Lipinski definition) is 5. The van der Waals surface area contributed by atoms with E-state index in [1.807, 2.05) is 0 Å². The van der Waals surface area contributed by atoms with E-state index >= 15 is 0 Å². The zero-order valence-corrected chi connectivity index (χ0v) is 40.8. The van der Waals surface area contributed by atoms with Gasteiger partial charge in [0.25, 0.3) is 0 Å². The van der Waals surface area contributed by atoms with Gasteiger partial charge in [0.05, 0.1) is 6.61 Å². The number of ether oxygens (including phenoxy) is 2. The zero-order valence-electron chi connectivity index (χ0n) is 40.8. The van der Waals surface area contributed by atoms with Crippen molar-refractivity contribution in [2.45, 2.75) is 232 Å². The molecule has 0 aromatic rings. The first-order valence-corrected chi connectivity index (χ1v) is 25.9. The third-order valence-corrected chi connectivity index (χ3v) is 10.8. The summed E-state index contributed by atoms with van der Waals surface area (Å²) in [5.74, 6) is -0.612. The summed E-state index contributed by atoms with van der Waals surface area (Å²) in [5.41, 5.74) is 0. The second kappa shape index (κ2) is 52.9. The quantitative estimate of drug-likeness (QED) is 0.0375. The Morgan fingerprint density at radius 1 is 0.381 bits per heavy atom. The SMILES string of the molecule is CC/C=C\C/C=C\C/C=C\C/C=C\C/C=C\C/C=C\C/C=C\CCCCCCCCCCCCCCCC(=O)OC(CO)COC(=O)CCCCCCC/C=C\C/C=C\CCCC. The molecule has 0 rings (SSSR count). The van der Waals surface area contributed by atoms with Gasteiger partial charge in [-0.2, -0.15) is 0 Å². The normalized spacial score (nSPS) is 13.1. The highest BCUT2D eigenvalue weighted by molar-refractivity contribution is 5.70.